The number of rotatable bonds is 9. The number of nitrogens with one attached hydrogen (secondary N) is 1. The molecule has 0 saturated heterocycles. The summed E-state index contributed by atoms with van der Waals surface area (Å²) in [6.45, 7) is 5.89. The van der Waals surface area contributed by atoms with Crippen LogP contribution in [0.5, 0.6) is 0 Å². The van der Waals surface area contributed by atoms with Crippen LogP contribution >= 0.6 is 0 Å². The predicted molar refractivity (Wildman–Crippen MR) is 88.9 cm³/mol. The minimum absolute atomic E-state index is 0.0255. The highest BCUT2D eigenvalue weighted by Gasteiger charge is 2.35. The molecule has 23 heavy (non-hydrogen) atoms. The number of carboxylic acids is 1. The van der Waals surface area contributed by atoms with Gasteiger partial charge in [0.1, 0.15) is 11.8 Å². The second kappa shape index (κ2) is 9.48. The van der Waals surface area contributed by atoms with Crippen LogP contribution < -0.4 is 5.32 Å². The number of Topliss-reactive ketones (excluding diaryl/α,β-unsaturated/α-hetero) is 1. The lowest BCUT2D eigenvalue weighted by atomic mass is 9.89. The van der Waals surface area contributed by atoms with Gasteiger partial charge in [-0.1, -0.05) is 32.9 Å². The smallest absolute Gasteiger partial charge is 0.326 e. The van der Waals surface area contributed by atoms with Gasteiger partial charge in [0.25, 0.3) is 0 Å². The Balaban J connectivity index is 2.58. The summed E-state index contributed by atoms with van der Waals surface area (Å²) in [5.41, 5.74) is 0. The van der Waals surface area contributed by atoms with Crippen molar-refractivity contribution in [3.63, 3.8) is 0 Å². The molecule has 1 aliphatic rings. The molecule has 1 aliphatic carbocycles. The third-order valence-electron chi connectivity index (χ3n) is 4.32. The second-order valence-electron chi connectivity index (χ2n) is 6.78. The molecule has 130 valence electrons. The lowest BCUT2D eigenvalue weighted by molar-refractivity contribution is -0.142. The Morgan fingerprint density at radius 3 is 2.61 bits per heavy atom. The molecule has 0 aromatic carbocycles. The first-order valence-electron chi connectivity index (χ1n) is 8.55. The summed E-state index contributed by atoms with van der Waals surface area (Å²) in [5, 5.41) is 11.8. The van der Waals surface area contributed by atoms with E-state index in [1.165, 1.54) is 0 Å². The van der Waals surface area contributed by atoms with Crippen LogP contribution in [0.15, 0.2) is 12.2 Å². The molecule has 0 unspecified atom stereocenters. The molecule has 0 radical (unpaired) electrons. The lowest BCUT2D eigenvalue weighted by Gasteiger charge is -2.20. The van der Waals surface area contributed by atoms with Crippen LogP contribution in [0.2, 0.25) is 0 Å². The van der Waals surface area contributed by atoms with Crippen LogP contribution in [-0.2, 0) is 14.4 Å². The van der Waals surface area contributed by atoms with E-state index in [9.17, 15) is 19.5 Å². The van der Waals surface area contributed by atoms with Gasteiger partial charge in [-0.15, -0.1) is 0 Å². The summed E-state index contributed by atoms with van der Waals surface area (Å²) in [5.74, 6) is -0.925. The average molecular weight is 323 g/mol. The molecular formula is C18H29NO4. The minimum Gasteiger partial charge on any atom is -0.480 e. The van der Waals surface area contributed by atoms with Gasteiger partial charge in [-0.05, 0) is 37.5 Å². The van der Waals surface area contributed by atoms with Crippen molar-refractivity contribution in [3.8, 4) is 0 Å². The zero-order valence-corrected chi connectivity index (χ0v) is 14.4. The van der Waals surface area contributed by atoms with Crippen LogP contribution in [0.3, 0.4) is 0 Å². The van der Waals surface area contributed by atoms with Gasteiger partial charge in [0.2, 0.25) is 5.91 Å². The minimum atomic E-state index is -1.00. The van der Waals surface area contributed by atoms with Crippen molar-refractivity contribution in [3.05, 3.63) is 12.2 Å². The Morgan fingerprint density at radius 1 is 1.35 bits per heavy atom. The molecule has 0 spiro atoms. The Labute approximate surface area is 138 Å². The van der Waals surface area contributed by atoms with Crippen molar-refractivity contribution in [2.75, 3.05) is 0 Å². The Kier molecular flexibility index (Phi) is 8.00. The molecule has 1 amide bonds. The Bertz CT molecular complexity index is 456. The standard InChI is InChI=1S/C18H29NO4/c1-4-5-6-7-14-13(8-9-16(14)20)11-17(21)19-15(18(22)23)10-12(2)3/h5-6,12-15H,4,7-11H2,1-3H3,(H,19,21)(H,22,23)/b6-5+/t13-,14+,15+/m1/s1. The highest BCUT2D eigenvalue weighted by molar-refractivity contribution is 5.87. The topological polar surface area (TPSA) is 83.5 Å². The Morgan fingerprint density at radius 2 is 2.04 bits per heavy atom. The number of allylic oxidation sites excluding steroid dienone is 2. The maximum Gasteiger partial charge on any atom is 0.326 e. The van der Waals surface area contributed by atoms with Crippen LogP contribution in [0.25, 0.3) is 0 Å². The number of aliphatic carboxylic acids is 1. The molecular weight excluding hydrogens is 294 g/mol. The van der Waals surface area contributed by atoms with Crippen molar-refractivity contribution in [2.45, 2.75) is 65.3 Å². The number of hydrogen-bond donors (Lipinski definition) is 2. The van der Waals surface area contributed by atoms with Gasteiger partial charge < -0.3 is 10.4 Å². The number of ketones is 1. The third-order valence-corrected chi connectivity index (χ3v) is 4.32. The highest BCUT2D eigenvalue weighted by Crippen LogP contribution is 2.34. The van der Waals surface area contributed by atoms with E-state index in [4.69, 9.17) is 0 Å². The molecule has 0 aromatic rings. The van der Waals surface area contributed by atoms with Gasteiger partial charge in [0, 0.05) is 18.8 Å². The summed E-state index contributed by atoms with van der Waals surface area (Å²) in [4.78, 5) is 35.4. The number of amides is 1. The van der Waals surface area contributed by atoms with Gasteiger partial charge >= 0.3 is 5.97 Å². The Hall–Kier alpha value is -1.65. The van der Waals surface area contributed by atoms with Crippen LogP contribution in [0.4, 0.5) is 0 Å². The summed E-state index contributed by atoms with van der Waals surface area (Å²) < 4.78 is 0. The molecule has 5 nitrogen and oxygen atoms in total. The van der Waals surface area contributed by atoms with Crippen molar-refractivity contribution < 1.29 is 19.5 Å². The fourth-order valence-electron chi connectivity index (χ4n) is 3.14. The fourth-order valence-corrected chi connectivity index (χ4v) is 3.14. The monoisotopic (exact) mass is 323 g/mol. The number of carbonyl (C=O) groups excluding carboxylic acids is 2. The van der Waals surface area contributed by atoms with E-state index in [0.717, 1.165) is 12.8 Å². The molecule has 2 N–H and O–H groups in total. The molecule has 1 rings (SSSR count). The first-order chi connectivity index (χ1) is 10.8. The van der Waals surface area contributed by atoms with E-state index in [0.29, 0.717) is 19.3 Å². The molecule has 1 fully saturated rings. The third kappa shape index (κ3) is 6.55. The summed E-state index contributed by atoms with van der Waals surface area (Å²) in [6, 6.07) is -0.849. The van der Waals surface area contributed by atoms with Gasteiger partial charge in [-0.3, -0.25) is 9.59 Å². The van der Waals surface area contributed by atoms with Crippen LogP contribution in [0.1, 0.15) is 59.3 Å². The number of carboxylic acid groups (broad SMARTS) is 1. The van der Waals surface area contributed by atoms with Crippen molar-refractivity contribution >= 4 is 17.7 Å². The maximum atomic E-state index is 12.2. The molecule has 3 atom stereocenters. The SMILES string of the molecule is CC/C=C/C[C@@H]1C(=O)CC[C@@H]1CC(=O)N[C@@H](CC(C)C)C(=O)O. The molecule has 0 bridgehead atoms. The number of carbonyl (C=O) groups is 3. The number of hydrogen-bond acceptors (Lipinski definition) is 3. The molecule has 5 heteroatoms. The molecule has 0 aromatic heterocycles. The van der Waals surface area contributed by atoms with Gasteiger partial charge in [-0.25, -0.2) is 4.79 Å². The zero-order valence-electron chi connectivity index (χ0n) is 14.4. The largest absolute Gasteiger partial charge is 0.480 e. The average Bonchev–Trinajstić information content (AvgIpc) is 2.79. The van der Waals surface area contributed by atoms with E-state index in [1.54, 1.807) is 0 Å². The van der Waals surface area contributed by atoms with Crippen LogP contribution in [0, 0.1) is 17.8 Å². The summed E-state index contributed by atoms with van der Waals surface area (Å²) in [7, 11) is 0. The summed E-state index contributed by atoms with van der Waals surface area (Å²) >= 11 is 0. The van der Waals surface area contributed by atoms with E-state index < -0.39 is 12.0 Å². The van der Waals surface area contributed by atoms with E-state index in [1.807, 2.05) is 32.9 Å². The van der Waals surface area contributed by atoms with E-state index in [-0.39, 0.29) is 35.9 Å². The molecule has 0 heterocycles. The normalized spacial score (nSPS) is 22.7. The van der Waals surface area contributed by atoms with Gasteiger partial charge in [0.05, 0.1) is 0 Å². The van der Waals surface area contributed by atoms with Crippen LogP contribution in [-0.4, -0.2) is 28.8 Å². The maximum absolute atomic E-state index is 12.2. The zero-order chi connectivity index (χ0) is 17.4. The summed E-state index contributed by atoms with van der Waals surface area (Å²) in [6.07, 6.45) is 7.55. The van der Waals surface area contributed by atoms with Gasteiger partial charge in [0.15, 0.2) is 0 Å². The first kappa shape index (κ1) is 19.4. The quantitative estimate of drug-likeness (QED) is 0.639. The predicted octanol–water partition coefficient (Wildman–Crippen LogP) is 2.94. The van der Waals surface area contributed by atoms with E-state index >= 15 is 0 Å². The van der Waals surface area contributed by atoms with Crippen molar-refractivity contribution in [2.24, 2.45) is 17.8 Å². The lowest BCUT2D eigenvalue weighted by Crippen LogP contribution is -2.42. The second-order valence-corrected chi connectivity index (χ2v) is 6.78. The fraction of sp³-hybridized carbons (Fsp3) is 0.722. The van der Waals surface area contributed by atoms with Crippen molar-refractivity contribution in [1.29, 1.82) is 0 Å². The van der Waals surface area contributed by atoms with Gasteiger partial charge in [-0.2, -0.15) is 0 Å². The first-order valence-corrected chi connectivity index (χ1v) is 8.55. The van der Waals surface area contributed by atoms with E-state index in [2.05, 4.69) is 5.32 Å². The molecule has 0 aliphatic heterocycles. The van der Waals surface area contributed by atoms with Crippen molar-refractivity contribution in [1.82, 2.24) is 5.32 Å². The molecule has 1 saturated carbocycles. The highest BCUT2D eigenvalue weighted by atomic mass is 16.4.